The predicted molar refractivity (Wildman–Crippen MR) is 132 cm³/mol. The molecule has 1 N–H and O–H groups in total. The minimum atomic E-state index is -0.758. The molecule has 0 aliphatic carbocycles. The number of ketones is 1. The van der Waals surface area contributed by atoms with Crippen LogP contribution in [-0.2, 0) is 4.79 Å². The highest BCUT2D eigenvalue weighted by atomic mass is 16.5. The molecule has 2 heterocycles. The van der Waals surface area contributed by atoms with Crippen LogP contribution in [-0.4, -0.2) is 67.0 Å². The van der Waals surface area contributed by atoms with Crippen LogP contribution in [0.15, 0.2) is 64.3 Å². The molecule has 1 aliphatic rings. The summed E-state index contributed by atoms with van der Waals surface area (Å²) in [7, 11) is 3.09. The minimum absolute atomic E-state index is 0.00210. The number of Topliss-reactive ketones (excluding diaryl/α,β-unsaturated/α-hetero) is 1. The zero-order valence-electron chi connectivity index (χ0n) is 20.4. The number of carbonyl (C=O) groups is 2. The van der Waals surface area contributed by atoms with Crippen LogP contribution in [0.25, 0.3) is 11.0 Å². The largest absolute Gasteiger partial charge is 0.503 e. The quantitative estimate of drug-likeness (QED) is 0.433. The molecule has 2 aromatic carbocycles. The Bertz CT molecular complexity index is 1260. The van der Waals surface area contributed by atoms with E-state index in [1.54, 1.807) is 54.5 Å². The average Bonchev–Trinajstić information content (AvgIpc) is 3.44. The van der Waals surface area contributed by atoms with E-state index in [0.29, 0.717) is 41.1 Å². The third kappa shape index (κ3) is 4.49. The fourth-order valence-corrected chi connectivity index (χ4v) is 4.48. The van der Waals surface area contributed by atoms with Gasteiger partial charge in [0.25, 0.3) is 5.91 Å². The Balaban J connectivity index is 1.76. The molecule has 8 nitrogen and oxygen atoms in total. The molecule has 0 saturated heterocycles. The third-order valence-corrected chi connectivity index (χ3v) is 6.48. The molecule has 0 fully saturated rings. The van der Waals surface area contributed by atoms with Gasteiger partial charge in [0.1, 0.15) is 5.75 Å². The van der Waals surface area contributed by atoms with Crippen LogP contribution >= 0.6 is 0 Å². The van der Waals surface area contributed by atoms with Gasteiger partial charge >= 0.3 is 0 Å². The van der Waals surface area contributed by atoms with Crippen molar-refractivity contribution in [2.45, 2.75) is 19.9 Å². The molecule has 0 radical (unpaired) electrons. The zero-order chi connectivity index (χ0) is 25.1. The van der Waals surface area contributed by atoms with Gasteiger partial charge in [0.2, 0.25) is 5.78 Å². The van der Waals surface area contributed by atoms with E-state index < -0.39 is 23.5 Å². The van der Waals surface area contributed by atoms with Crippen molar-refractivity contribution >= 4 is 22.7 Å². The van der Waals surface area contributed by atoms with Gasteiger partial charge < -0.3 is 28.8 Å². The molecule has 4 rings (SSSR count). The maximum Gasteiger partial charge on any atom is 0.290 e. The summed E-state index contributed by atoms with van der Waals surface area (Å²) in [4.78, 5) is 30.6. The number of likely N-dealkylation sites (N-methyl/N-ethyl adjacent to an activating group) is 1. The fraction of sp³-hybridized carbons (Fsp3) is 0.333. The van der Waals surface area contributed by atoms with E-state index in [1.807, 2.05) is 6.07 Å². The average molecular weight is 479 g/mol. The molecular formula is C27H30N2O6. The Labute approximate surface area is 204 Å². The summed E-state index contributed by atoms with van der Waals surface area (Å²) in [5.74, 6) is -0.492. The van der Waals surface area contributed by atoms with E-state index in [-0.39, 0.29) is 11.3 Å². The Kier molecular flexibility index (Phi) is 7.12. The number of para-hydroxylation sites is 1. The number of methoxy groups -OCH3 is 2. The first-order valence-corrected chi connectivity index (χ1v) is 11.6. The van der Waals surface area contributed by atoms with Crippen molar-refractivity contribution in [3.8, 4) is 11.5 Å². The monoisotopic (exact) mass is 478 g/mol. The Morgan fingerprint density at radius 3 is 2.43 bits per heavy atom. The molecule has 0 unspecified atom stereocenters. The summed E-state index contributed by atoms with van der Waals surface area (Å²) in [6, 6.07) is 13.3. The number of ether oxygens (including phenoxy) is 2. The summed E-state index contributed by atoms with van der Waals surface area (Å²) in [5.41, 5.74) is 1.12. The first-order chi connectivity index (χ1) is 16.9. The second-order valence-electron chi connectivity index (χ2n) is 8.28. The van der Waals surface area contributed by atoms with Gasteiger partial charge in [-0.2, -0.15) is 0 Å². The van der Waals surface area contributed by atoms with E-state index in [0.717, 1.165) is 13.1 Å². The summed E-state index contributed by atoms with van der Waals surface area (Å²) < 4.78 is 16.5. The highest BCUT2D eigenvalue weighted by molar-refractivity contribution is 6.16. The SMILES string of the molecule is CCN(CC)CCN1C(=O)C(O)=C(C(=O)c2cc3cccc(OC)c3o2)[C@H]1c1ccc(OC)cc1. The van der Waals surface area contributed by atoms with Gasteiger partial charge in [-0.1, -0.05) is 38.1 Å². The molecular weight excluding hydrogens is 448 g/mol. The topological polar surface area (TPSA) is 92.5 Å². The number of fused-ring (bicyclic) bond motifs is 1. The first kappa shape index (κ1) is 24.3. The number of aliphatic hydroxyl groups excluding tert-OH is 1. The van der Waals surface area contributed by atoms with E-state index in [4.69, 9.17) is 13.9 Å². The Morgan fingerprint density at radius 2 is 1.80 bits per heavy atom. The highest BCUT2D eigenvalue weighted by Gasteiger charge is 2.44. The van der Waals surface area contributed by atoms with Crippen molar-refractivity contribution in [3.05, 3.63) is 71.2 Å². The lowest BCUT2D eigenvalue weighted by Gasteiger charge is -2.29. The normalized spacial score (nSPS) is 16.0. The van der Waals surface area contributed by atoms with E-state index in [2.05, 4.69) is 18.7 Å². The van der Waals surface area contributed by atoms with E-state index >= 15 is 0 Å². The van der Waals surface area contributed by atoms with Gasteiger partial charge in [-0.15, -0.1) is 0 Å². The van der Waals surface area contributed by atoms with Crippen LogP contribution in [0.3, 0.4) is 0 Å². The highest BCUT2D eigenvalue weighted by Crippen LogP contribution is 2.40. The molecule has 1 aliphatic heterocycles. The lowest BCUT2D eigenvalue weighted by atomic mass is 9.95. The zero-order valence-corrected chi connectivity index (χ0v) is 20.4. The lowest BCUT2D eigenvalue weighted by molar-refractivity contribution is -0.129. The number of furan rings is 1. The van der Waals surface area contributed by atoms with Crippen molar-refractivity contribution in [1.82, 2.24) is 9.80 Å². The molecule has 1 aromatic heterocycles. The molecule has 1 atom stereocenters. The number of amides is 1. The predicted octanol–water partition coefficient (Wildman–Crippen LogP) is 4.37. The smallest absolute Gasteiger partial charge is 0.290 e. The number of nitrogens with zero attached hydrogens (tertiary/aromatic N) is 2. The van der Waals surface area contributed by atoms with Crippen LogP contribution in [0.1, 0.15) is 36.0 Å². The number of aliphatic hydroxyl groups is 1. The van der Waals surface area contributed by atoms with Crippen LogP contribution in [0.2, 0.25) is 0 Å². The molecule has 0 bridgehead atoms. The molecule has 1 amide bonds. The van der Waals surface area contributed by atoms with E-state index in [9.17, 15) is 14.7 Å². The number of hydrogen-bond donors (Lipinski definition) is 1. The molecule has 35 heavy (non-hydrogen) atoms. The maximum absolute atomic E-state index is 13.7. The first-order valence-electron chi connectivity index (χ1n) is 11.6. The molecule has 0 spiro atoms. The van der Waals surface area contributed by atoms with Crippen molar-refractivity contribution in [2.75, 3.05) is 40.4 Å². The van der Waals surface area contributed by atoms with Crippen LogP contribution in [0, 0.1) is 0 Å². The molecule has 184 valence electrons. The van der Waals surface area contributed by atoms with Gasteiger partial charge in [0.15, 0.2) is 22.9 Å². The number of hydrogen-bond acceptors (Lipinski definition) is 7. The van der Waals surface area contributed by atoms with E-state index in [1.165, 1.54) is 7.11 Å². The van der Waals surface area contributed by atoms with Crippen molar-refractivity contribution in [3.63, 3.8) is 0 Å². The van der Waals surface area contributed by atoms with Crippen LogP contribution < -0.4 is 9.47 Å². The number of benzene rings is 2. The molecule has 8 heteroatoms. The van der Waals surface area contributed by atoms with Gasteiger partial charge in [-0.05, 0) is 42.9 Å². The second kappa shape index (κ2) is 10.2. The summed E-state index contributed by atoms with van der Waals surface area (Å²) in [5, 5.41) is 11.6. The van der Waals surface area contributed by atoms with Crippen LogP contribution in [0.4, 0.5) is 0 Å². The Morgan fingerprint density at radius 1 is 1.09 bits per heavy atom. The summed E-state index contributed by atoms with van der Waals surface area (Å²) in [6.45, 7) is 6.73. The van der Waals surface area contributed by atoms with Gasteiger partial charge in [0.05, 0.1) is 25.8 Å². The second-order valence-corrected chi connectivity index (χ2v) is 8.28. The van der Waals surface area contributed by atoms with Crippen molar-refractivity contribution in [1.29, 1.82) is 0 Å². The minimum Gasteiger partial charge on any atom is -0.503 e. The Hall–Kier alpha value is -3.78. The van der Waals surface area contributed by atoms with Gasteiger partial charge in [-0.25, -0.2) is 0 Å². The van der Waals surface area contributed by atoms with Gasteiger partial charge in [0, 0.05) is 18.5 Å². The number of carbonyl (C=O) groups excluding carboxylic acids is 2. The summed E-state index contributed by atoms with van der Waals surface area (Å²) >= 11 is 0. The van der Waals surface area contributed by atoms with Crippen LogP contribution in [0.5, 0.6) is 11.5 Å². The third-order valence-electron chi connectivity index (χ3n) is 6.48. The van der Waals surface area contributed by atoms with Crippen molar-refractivity contribution in [2.24, 2.45) is 0 Å². The molecule has 3 aromatic rings. The maximum atomic E-state index is 13.7. The molecule has 0 saturated carbocycles. The van der Waals surface area contributed by atoms with Gasteiger partial charge in [-0.3, -0.25) is 9.59 Å². The standard InChI is InChI=1S/C27H30N2O6/c1-5-28(6-2)14-15-29-23(17-10-12-19(33-3)13-11-17)22(25(31)27(29)32)24(30)21-16-18-8-7-9-20(34-4)26(18)35-21/h7-13,16,23,31H,5-6,14-15H2,1-4H3/t23-/m1/s1. The van der Waals surface area contributed by atoms with Crippen molar-refractivity contribution < 1.29 is 28.6 Å². The fourth-order valence-electron chi connectivity index (χ4n) is 4.48. The number of rotatable bonds is 10. The summed E-state index contributed by atoms with van der Waals surface area (Å²) in [6.07, 6.45) is 0. The lowest BCUT2D eigenvalue weighted by Crippen LogP contribution is -2.38.